The van der Waals surface area contributed by atoms with Gasteiger partial charge in [0.05, 0.1) is 0 Å². The summed E-state index contributed by atoms with van der Waals surface area (Å²) in [5, 5.41) is 9.87. The summed E-state index contributed by atoms with van der Waals surface area (Å²) in [6, 6.07) is 9.19. The van der Waals surface area contributed by atoms with Crippen molar-refractivity contribution in [2.75, 3.05) is 4.90 Å². The molecule has 0 fully saturated rings. The standard InChI is InChI=1S/C18H21N3O2/c1-11-9-12(2)20-17(19-11)21-10-13-7-5-6-8-14(13)18(3,4)15(21)16(22)23/h5-9,15H,10H2,1-4H3,(H,22,23). The highest BCUT2D eigenvalue weighted by Crippen LogP contribution is 2.39. The Morgan fingerprint density at radius 1 is 1.22 bits per heavy atom. The van der Waals surface area contributed by atoms with Crippen molar-refractivity contribution in [2.45, 2.75) is 45.7 Å². The van der Waals surface area contributed by atoms with E-state index >= 15 is 0 Å². The summed E-state index contributed by atoms with van der Waals surface area (Å²) >= 11 is 0. The van der Waals surface area contributed by atoms with E-state index < -0.39 is 17.4 Å². The summed E-state index contributed by atoms with van der Waals surface area (Å²) in [5.74, 6) is -0.371. The van der Waals surface area contributed by atoms with Crippen LogP contribution >= 0.6 is 0 Å². The first-order valence-corrected chi connectivity index (χ1v) is 7.71. The van der Waals surface area contributed by atoms with Crippen LogP contribution in [0.2, 0.25) is 0 Å². The van der Waals surface area contributed by atoms with E-state index in [0.717, 1.165) is 22.5 Å². The molecule has 0 saturated heterocycles. The van der Waals surface area contributed by atoms with Gasteiger partial charge in [0, 0.05) is 23.3 Å². The van der Waals surface area contributed by atoms with E-state index in [9.17, 15) is 9.90 Å². The summed E-state index contributed by atoms with van der Waals surface area (Å²) in [4.78, 5) is 22.8. The number of carbonyl (C=O) groups is 1. The number of carboxylic acids is 1. The van der Waals surface area contributed by atoms with Gasteiger partial charge in [0.25, 0.3) is 0 Å². The molecular weight excluding hydrogens is 290 g/mol. The lowest BCUT2D eigenvalue weighted by Crippen LogP contribution is -2.56. The van der Waals surface area contributed by atoms with Crippen molar-refractivity contribution in [1.29, 1.82) is 0 Å². The van der Waals surface area contributed by atoms with E-state index in [2.05, 4.69) is 9.97 Å². The monoisotopic (exact) mass is 311 g/mol. The van der Waals surface area contributed by atoms with E-state index in [0.29, 0.717) is 12.5 Å². The number of hydrogen-bond acceptors (Lipinski definition) is 4. The minimum Gasteiger partial charge on any atom is -0.480 e. The minimum atomic E-state index is -0.854. The van der Waals surface area contributed by atoms with Crippen LogP contribution in [0.4, 0.5) is 5.95 Å². The lowest BCUT2D eigenvalue weighted by Gasteiger charge is -2.45. The number of aromatic nitrogens is 2. The number of benzene rings is 1. The number of aliphatic carboxylic acids is 1. The molecule has 0 radical (unpaired) electrons. The fourth-order valence-corrected chi connectivity index (χ4v) is 3.56. The molecular formula is C18H21N3O2. The van der Waals surface area contributed by atoms with Gasteiger partial charge in [-0.2, -0.15) is 0 Å². The third-order valence-electron chi connectivity index (χ3n) is 4.51. The molecule has 2 aromatic rings. The average Bonchev–Trinajstić information content (AvgIpc) is 2.45. The Hall–Kier alpha value is -2.43. The van der Waals surface area contributed by atoms with Crippen molar-refractivity contribution < 1.29 is 9.90 Å². The third kappa shape index (κ3) is 2.56. The fourth-order valence-electron chi connectivity index (χ4n) is 3.56. The molecule has 0 aliphatic carbocycles. The number of hydrogen-bond donors (Lipinski definition) is 1. The van der Waals surface area contributed by atoms with Gasteiger partial charge in [-0.25, -0.2) is 14.8 Å². The van der Waals surface area contributed by atoms with E-state index in [1.54, 1.807) is 0 Å². The van der Waals surface area contributed by atoms with Crippen LogP contribution in [0, 0.1) is 13.8 Å². The smallest absolute Gasteiger partial charge is 0.327 e. The molecule has 1 aliphatic rings. The van der Waals surface area contributed by atoms with E-state index in [4.69, 9.17) is 0 Å². The maximum atomic E-state index is 12.0. The average molecular weight is 311 g/mol. The van der Waals surface area contributed by atoms with Gasteiger partial charge in [-0.15, -0.1) is 0 Å². The van der Waals surface area contributed by atoms with Gasteiger partial charge in [0.1, 0.15) is 6.04 Å². The molecule has 1 aromatic heterocycles. The van der Waals surface area contributed by atoms with Crippen molar-refractivity contribution in [2.24, 2.45) is 0 Å². The Kier molecular flexibility index (Phi) is 3.59. The highest BCUT2D eigenvalue weighted by Gasteiger charge is 2.46. The largest absolute Gasteiger partial charge is 0.480 e. The number of carboxylic acid groups (broad SMARTS) is 1. The molecule has 0 amide bonds. The molecule has 120 valence electrons. The second-order valence-electron chi connectivity index (χ2n) is 6.70. The van der Waals surface area contributed by atoms with Crippen LogP contribution in [-0.2, 0) is 16.8 Å². The number of anilines is 1. The van der Waals surface area contributed by atoms with Gasteiger partial charge >= 0.3 is 5.97 Å². The normalized spacial score (nSPS) is 19.3. The Morgan fingerprint density at radius 3 is 2.43 bits per heavy atom. The van der Waals surface area contributed by atoms with E-state index in [1.807, 2.05) is 62.9 Å². The number of rotatable bonds is 2. The Morgan fingerprint density at radius 2 is 1.83 bits per heavy atom. The molecule has 2 heterocycles. The zero-order valence-electron chi connectivity index (χ0n) is 13.9. The lowest BCUT2D eigenvalue weighted by molar-refractivity contribution is -0.140. The van der Waals surface area contributed by atoms with Crippen molar-refractivity contribution in [3.05, 3.63) is 52.8 Å². The molecule has 1 N–H and O–H groups in total. The third-order valence-corrected chi connectivity index (χ3v) is 4.51. The predicted octanol–water partition coefficient (Wildman–Crippen LogP) is 2.84. The molecule has 5 heteroatoms. The van der Waals surface area contributed by atoms with Gasteiger partial charge < -0.3 is 10.0 Å². The van der Waals surface area contributed by atoms with Crippen molar-refractivity contribution in [3.63, 3.8) is 0 Å². The molecule has 1 aromatic carbocycles. The first-order chi connectivity index (χ1) is 10.8. The lowest BCUT2D eigenvalue weighted by atomic mass is 9.72. The summed E-state index contributed by atoms with van der Waals surface area (Å²) < 4.78 is 0. The second-order valence-corrected chi connectivity index (χ2v) is 6.70. The molecule has 23 heavy (non-hydrogen) atoms. The zero-order valence-corrected chi connectivity index (χ0v) is 13.9. The van der Waals surface area contributed by atoms with Gasteiger partial charge in [-0.3, -0.25) is 0 Å². The second kappa shape index (κ2) is 5.33. The first kappa shape index (κ1) is 15.5. The number of aryl methyl sites for hydroxylation is 2. The van der Waals surface area contributed by atoms with Crippen LogP contribution in [0.1, 0.15) is 36.4 Å². The van der Waals surface area contributed by atoms with Gasteiger partial charge in [0.15, 0.2) is 0 Å². The summed E-state index contributed by atoms with van der Waals surface area (Å²) in [6.45, 7) is 8.24. The highest BCUT2D eigenvalue weighted by atomic mass is 16.4. The molecule has 0 bridgehead atoms. The van der Waals surface area contributed by atoms with Gasteiger partial charge in [0.2, 0.25) is 5.95 Å². The molecule has 1 atom stereocenters. The van der Waals surface area contributed by atoms with Gasteiger partial charge in [-0.1, -0.05) is 38.1 Å². The topological polar surface area (TPSA) is 66.3 Å². The van der Waals surface area contributed by atoms with Crippen molar-refractivity contribution in [1.82, 2.24) is 9.97 Å². The molecule has 0 saturated carbocycles. The SMILES string of the molecule is Cc1cc(C)nc(N2Cc3ccccc3C(C)(C)C2C(=O)O)n1. The quantitative estimate of drug-likeness (QED) is 0.924. The van der Waals surface area contributed by atoms with Crippen molar-refractivity contribution >= 4 is 11.9 Å². The maximum Gasteiger partial charge on any atom is 0.327 e. The highest BCUT2D eigenvalue weighted by molar-refractivity contribution is 5.81. The number of fused-ring (bicyclic) bond motifs is 1. The first-order valence-electron chi connectivity index (χ1n) is 7.71. The minimum absolute atomic E-state index is 0.484. The predicted molar refractivity (Wildman–Crippen MR) is 88.6 cm³/mol. The molecule has 3 rings (SSSR count). The fraction of sp³-hybridized carbons (Fsp3) is 0.389. The van der Waals surface area contributed by atoms with Crippen LogP contribution in [-0.4, -0.2) is 27.1 Å². The zero-order chi connectivity index (χ0) is 16.8. The van der Waals surface area contributed by atoms with Crippen LogP contribution in [0.5, 0.6) is 0 Å². The molecule has 5 nitrogen and oxygen atoms in total. The van der Waals surface area contributed by atoms with E-state index in [-0.39, 0.29) is 0 Å². The van der Waals surface area contributed by atoms with Crippen LogP contribution < -0.4 is 4.90 Å². The molecule has 1 unspecified atom stereocenters. The van der Waals surface area contributed by atoms with Crippen LogP contribution in [0.25, 0.3) is 0 Å². The van der Waals surface area contributed by atoms with Crippen LogP contribution in [0.3, 0.4) is 0 Å². The maximum absolute atomic E-state index is 12.0. The Balaban J connectivity index is 2.18. The van der Waals surface area contributed by atoms with E-state index in [1.165, 1.54) is 0 Å². The van der Waals surface area contributed by atoms with Crippen molar-refractivity contribution in [3.8, 4) is 0 Å². The molecule has 0 spiro atoms. The summed E-state index contributed by atoms with van der Waals surface area (Å²) in [6.07, 6.45) is 0. The Labute approximate surface area is 136 Å². The number of nitrogens with zero attached hydrogens (tertiary/aromatic N) is 3. The van der Waals surface area contributed by atoms with Crippen LogP contribution in [0.15, 0.2) is 30.3 Å². The Bertz CT molecular complexity index is 750. The van der Waals surface area contributed by atoms with Gasteiger partial charge in [-0.05, 0) is 31.0 Å². The summed E-state index contributed by atoms with van der Waals surface area (Å²) in [7, 11) is 0. The summed E-state index contributed by atoms with van der Waals surface area (Å²) in [5.41, 5.74) is 3.34. The molecule has 1 aliphatic heterocycles.